The van der Waals surface area contributed by atoms with Crippen LogP contribution in [0.25, 0.3) is 22.3 Å². The fourth-order valence-electron chi connectivity index (χ4n) is 3.86. The quantitative estimate of drug-likeness (QED) is 0.384. The standard InChI is InChI=1S/C25H27N5O3S/c1-3-14-29-21-6-4-5-7-22(21)30(25(29)33)15-23(32)28-24-27-20(16-34-24)19-10-8-18(9-11-19)12-13-26-17(2)31/h4-11,16H,3,12-15H2,1-2H3,(H,26,31)(H,27,28,32). The van der Waals surface area contributed by atoms with Gasteiger partial charge < -0.3 is 10.6 Å². The summed E-state index contributed by atoms with van der Waals surface area (Å²) in [7, 11) is 0. The Bertz CT molecular complexity index is 1370. The van der Waals surface area contributed by atoms with E-state index in [4.69, 9.17) is 0 Å². The van der Waals surface area contributed by atoms with Crippen molar-refractivity contribution in [2.45, 2.75) is 39.8 Å². The van der Waals surface area contributed by atoms with E-state index in [-0.39, 0.29) is 24.0 Å². The minimum absolute atomic E-state index is 0.0368. The number of thiazole rings is 1. The van der Waals surface area contributed by atoms with E-state index >= 15 is 0 Å². The third kappa shape index (κ3) is 5.26. The highest BCUT2D eigenvalue weighted by atomic mass is 32.1. The molecule has 0 aliphatic heterocycles. The molecule has 176 valence electrons. The van der Waals surface area contributed by atoms with E-state index in [0.717, 1.165) is 40.7 Å². The molecular weight excluding hydrogens is 450 g/mol. The lowest BCUT2D eigenvalue weighted by Gasteiger charge is -2.04. The zero-order valence-electron chi connectivity index (χ0n) is 19.2. The van der Waals surface area contributed by atoms with Gasteiger partial charge in [-0.2, -0.15) is 0 Å². The van der Waals surface area contributed by atoms with Crippen molar-refractivity contribution in [2.24, 2.45) is 0 Å². The van der Waals surface area contributed by atoms with Gasteiger partial charge in [0, 0.05) is 31.0 Å². The zero-order chi connectivity index (χ0) is 24.1. The number of anilines is 1. The number of rotatable bonds is 9. The summed E-state index contributed by atoms with van der Waals surface area (Å²) < 4.78 is 3.22. The van der Waals surface area contributed by atoms with Gasteiger partial charge in [0.15, 0.2) is 5.13 Å². The zero-order valence-corrected chi connectivity index (χ0v) is 20.0. The van der Waals surface area contributed by atoms with Crippen molar-refractivity contribution in [3.05, 3.63) is 70.0 Å². The Labute approximate surface area is 201 Å². The normalized spacial score (nSPS) is 11.0. The Balaban J connectivity index is 1.43. The summed E-state index contributed by atoms with van der Waals surface area (Å²) in [5, 5.41) is 7.99. The molecule has 4 aromatic rings. The SMILES string of the molecule is CCCn1c(=O)n(CC(=O)Nc2nc(-c3ccc(CCNC(C)=O)cc3)cs2)c2ccccc21. The molecule has 4 rings (SSSR count). The van der Waals surface area contributed by atoms with Crippen LogP contribution in [0.2, 0.25) is 0 Å². The van der Waals surface area contributed by atoms with Crippen LogP contribution in [0.1, 0.15) is 25.8 Å². The fraction of sp³-hybridized carbons (Fsp3) is 0.280. The van der Waals surface area contributed by atoms with E-state index in [1.54, 1.807) is 4.57 Å². The summed E-state index contributed by atoms with van der Waals surface area (Å²) >= 11 is 1.34. The Hall–Kier alpha value is -3.72. The summed E-state index contributed by atoms with van der Waals surface area (Å²) in [6.45, 7) is 4.65. The van der Waals surface area contributed by atoms with Gasteiger partial charge in [0.2, 0.25) is 11.8 Å². The summed E-state index contributed by atoms with van der Waals surface area (Å²) in [5.41, 5.74) is 4.23. The average Bonchev–Trinajstić information content (AvgIpc) is 3.38. The highest BCUT2D eigenvalue weighted by Gasteiger charge is 2.16. The number of fused-ring (bicyclic) bond motifs is 1. The Morgan fingerprint density at radius 3 is 2.41 bits per heavy atom. The first kappa shape index (κ1) is 23.4. The molecule has 34 heavy (non-hydrogen) atoms. The van der Waals surface area contributed by atoms with Crippen molar-refractivity contribution < 1.29 is 9.59 Å². The lowest BCUT2D eigenvalue weighted by Crippen LogP contribution is -2.29. The molecule has 2 amide bonds. The molecule has 0 spiro atoms. The second kappa shape index (κ2) is 10.5. The maximum absolute atomic E-state index is 12.9. The molecule has 0 saturated carbocycles. The Morgan fingerprint density at radius 2 is 1.74 bits per heavy atom. The van der Waals surface area contributed by atoms with Gasteiger partial charge in [0.05, 0.1) is 16.7 Å². The summed E-state index contributed by atoms with van der Waals surface area (Å²) in [6, 6.07) is 15.5. The Morgan fingerprint density at radius 1 is 1.03 bits per heavy atom. The van der Waals surface area contributed by atoms with Crippen LogP contribution in [0.5, 0.6) is 0 Å². The highest BCUT2D eigenvalue weighted by molar-refractivity contribution is 7.14. The van der Waals surface area contributed by atoms with Crippen LogP contribution in [-0.4, -0.2) is 32.5 Å². The van der Waals surface area contributed by atoms with Crippen LogP contribution in [-0.2, 0) is 29.1 Å². The monoisotopic (exact) mass is 477 g/mol. The molecule has 8 nitrogen and oxygen atoms in total. The third-order valence-corrected chi connectivity index (χ3v) is 6.22. The molecule has 2 aromatic heterocycles. The number of nitrogens with zero attached hydrogens (tertiary/aromatic N) is 3. The second-order valence-electron chi connectivity index (χ2n) is 8.03. The molecule has 2 N–H and O–H groups in total. The molecule has 2 heterocycles. The molecular formula is C25H27N5O3S. The maximum atomic E-state index is 12.9. The minimum atomic E-state index is -0.296. The number of hydrogen-bond donors (Lipinski definition) is 2. The number of hydrogen-bond acceptors (Lipinski definition) is 5. The first-order valence-electron chi connectivity index (χ1n) is 11.2. The van der Waals surface area contributed by atoms with Crippen molar-refractivity contribution in [1.82, 2.24) is 19.4 Å². The van der Waals surface area contributed by atoms with Crippen LogP contribution < -0.4 is 16.3 Å². The Kier molecular flexibility index (Phi) is 7.22. The van der Waals surface area contributed by atoms with Crippen molar-refractivity contribution in [3.63, 3.8) is 0 Å². The van der Waals surface area contributed by atoms with Gasteiger partial charge in [-0.15, -0.1) is 11.3 Å². The second-order valence-corrected chi connectivity index (χ2v) is 8.88. The number of aryl methyl sites for hydroxylation is 1. The number of benzene rings is 2. The number of amides is 2. The molecule has 9 heteroatoms. The predicted molar refractivity (Wildman–Crippen MR) is 135 cm³/mol. The predicted octanol–water partition coefficient (Wildman–Crippen LogP) is 3.65. The van der Waals surface area contributed by atoms with Crippen LogP contribution in [0.3, 0.4) is 0 Å². The number of imidazole rings is 1. The van der Waals surface area contributed by atoms with Crippen LogP contribution >= 0.6 is 11.3 Å². The van der Waals surface area contributed by atoms with E-state index in [1.807, 2.05) is 60.8 Å². The molecule has 0 atom stereocenters. The van der Waals surface area contributed by atoms with Crippen molar-refractivity contribution in [1.29, 1.82) is 0 Å². The largest absolute Gasteiger partial charge is 0.356 e. The van der Waals surface area contributed by atoms with Gasteiger partial charge in [-0.05, 0) is 30.5 Å². The van der Waals surface area contributed by atoms with Crippen LogP contribution in [0, 0.1) is 0 Å². The molecule has 0 radical (unpaired) electrons. The van der Waals surface area contributed by atoms with Gasteiger partial charge in [-0.25, -0.2) is 9.78 Å². The number of carbonyl (C=O) groups is 2. The molecule has 0 bridgehead atoms. The fourth-order valence-corrected chi connectivity index (χ4v) is 4.59. The first-order valence-corrected chi connectivity index (χ1v) is 12.1. The minimum Gasteiger partial charge on any atom is -0.356 e. The number of nitrogens with one attached hydrogen (secondary N) is 2. The lowest BCUT2D eigenvalue weighted by atomic mass is 10.1. The lowest BCUT2D eigenvalue weighted by molar-refractivity contribution is -0.119. The van der Waals surface area contributed by atoms with E-state index < -0.39 is 0 Å². The van der Waals surface area contributed by atoms with Crippen LogP contribution in [0.15, 0.2) is 58.7 Å². The number of para-hydroxylation sites is 2. The summed E-state index contributed by atoms with van der Waals surface area (Å²) in [5.74, 6) is -0.332. The van der Waals surface area contributed by atoms with Crippen molar-refractivity contribution in [2.75, 3.05) is 11.9 Å². The van der Waals surface area contributed by atoms with E-state index in [0.29, 0.717) is 18.2 Å². The van der Waals surface area contributed by atoms with E-state index in [9.17, 15) is 14.4 Å². The summed E-state index contributed by atoms with van der Waals surface area (Å²) in [4.78, 5) is 41.2. The van der Waals surface area contributed by atoms with Gasteiger partial charge in [0.1, 0.15) is 6.54 Å². The van der Waals surface area contributed by atoms with E-state index in [1.165, 1.54) is 22.8 Å². The number of aromatic nitrogens is 3. The van der Waals surface area contributed by atoms with Gasteiger partial charge in [-0.1, -0.05) is 43.3 Å². The molecule has 0 saturated heterocycles. The average molecular weight is 478 g/mol. The van der Waals surface area contributed by atoms with Crippen molar-refractivity contribution in [3.8, 4) is 11.3 Å². The van der Waals surface area contributed by atoms with Gasteiger partial charge in [0.25, 0.3) is 0 Å². The topological polar surface area (TPSA) is 98.0 Å². The van der Waals surface area contributed by atoms with Gasteiger partial charge >= 0.3 is 5.69 Å². The molecule has 0 unspecified atom stereocenters. The maximum Gasteiger partial charge on any atom is 0.329 e. The van der Waals surface area contributed by atoms with Crippen molar-refractivity contribution >= 4 is 39.3 Å². The third-order valence-electron chi connectivity index (χ3n) is 5.46. The van der Waals surface area contributed by atoms with E-state index in [2.05, 4.69) is 15.6 Å². The molecule has 0 aliphatic carbocycles. The summed E-state index contributed by atoms with van der Waals surface area (Å²) in [6.07, 6.45) is 1.59. The smallest absolute Gasteiger partial charge is 0.329 e. The molecule has 2 aromatic carbocycles. The first-order chi connectivity index (χ1) is 16.5. The molecule has 0 aliphatic rings. The highest BCUT2D eigenvalue weighted by Crippen LogP contribution is 2.25. The van der Waals surface area contributed by atoms with Gasteiger partial charge in [-0.3, -0.25) is 18.7 Å². The molecule has 0 fully saturated rings. The van der Waals surface area contributed by atoms with Crippen LogP contribution in [0.4, 0.5) is 5.13 Å². The number of carbonyl (C=O) groups excluding carboxylic acids is 2.